The first-order chi connectivity index (χ1) is 24.4. The van der Waals surface area contributed by atoms with Crippen LogP contribution >= 0.6 is 11.8 Å². The first kappa shape index (κ1) is 39.8. The summed E-state index contributed by atoms with van der Waals surface area (Å²) in [6, 6.07) is 38.6. The molecule has 1 atom stereocenters. The highest BCUT2D eigenvalue weighted by Gasteiger charge is 2.50. The van der Waals surface area contributed by atoms with Gasteiger partial charge in [0.05, 0.1) is 26.9 Å². The third-order valence-electron chi connectivity index (χ3n) is 8.89. The van der Waals surface area contributed by atoms with Crippen molar-refractivity contribution in [2.45, 2.75) is 70.6 Å². The Labute approximate surface area is 309 Å². The molecule has 0 radical (unpaired) electrons. The standard InChI is InChI=1S/C43H52O6SSi/c1-33(44)49-40(41(45)43(5,6)32-50-37-17-11-8-12-18-37)35(27-29-47-31-34-23-25-36(46-7)26-24-34)28-30-48-51(42(2,3)4,38-19-13-9-14-20-38)39-21-15-10-16-22-39/h8-26,28,40H,27,29-32H2,1-7H3/b35-28+/t40-/m0/s1. The normalized spacial score (nSPS) is 13.0. The molecule has 0 amide bonds. The number of hydrogen-bond donors (Lipinski definition) is 0. The monoisotopic (exact) mass is 724 g/mol. The van der Waals surface area contributed by atoms with Gasteiger partial charge in [-0.05, 0) is 57.2 Å². The van der Waals surface area contributed by atoms with Gasteiger partial charge in [-0.1, -0.05) is 132 Å². The van der Waals surface area contributed by atoms with E-state index in [2.05, 4.69) is 69.3 Å². The molecule has 51 heavy (non-hydrogen) atoms. The topological polar surface area (TPSA) is 71.1 Å². The van der Waals surface area contributed by atoms with E-state index in [-0.39, 0.29) is 17.4 Å². The first-order valence-electron chi connectivity index (χ1n) is 17.4. The van der Waals surface area contributed by atoms with Gasteiger partial charge >= 0.3 is 5.97 Å². The molecule has 0 heterocycles. The highest BCUT2D eigenvalue weighted by Crippen LogP contribution is 2.37. The largest absolute Gasteiger partial charge is 0.497 e. The number of hydrogen-bond acceptors (Lipinski definition) is 7. The Hall–Kier alpha value is -3.95. The zero-order valence-electron chi connectivity index (χ0n) is 31.0. The zero-order valence-corrected chi connectivity index (χ0v) is 32.8. The van der Waals surface area contributed by atoms with E-state index in [4.69, 9.17) is 18.6 Å². The lowest BCUT2D eigenvalue weighted by molar-refractivity contribution is -0.153. The molecule has 0 N–H and O–H groups in total. The summed E-state index contributed by atoms with van der Waals surface area (Å²) in [4.78, 5) is 28.1. The highest BCUT2D eigenvalue weighted by atomic mass is 32.2. The predicted octanol–water partition coefficient (Wildman–Crippen LogP) is 8.42. The van der Waals surface area contributed by atoms with E-state index >= 15 is 0 Å². The van der Waals surface area contributed by atoms with Crippen molar-refractivity contribution in [1.29, 1.82) is 0 Å². The molecule has 0 aliphatic rings. The van der Waals surface area contributed by atoms with Crippen LogP contribution in [0.1, 0.15) is 53.5 Å². The molecule has 0 saturated carbocycles. The Morgan fingerprint density at radius 1 is 0.784 bits per heavy atom. The van der Waals surface area contributed by atoms with Crippen molar-refractivity contribution in [1.82, 2.24) is 0 Å². The molecule has 4 aromatic rings. The van der Waals surface area contributed by atoms with E-state index in [1.165, 1.54) is 6.92 Å². The van der Waals surface area contributed by atoms with Crippen LogP contribution in [0.25, 0.3) is 0 Å². The van der Waals surface area contributed by atoms with E-state index in [1.54, 1.807) is 18.9 Å². The van der Waals surface area contributed by atoms with Crippen LogP contribution < -0.4 is 15.1 Å². The molecule has 4 rings (SSSR count). The summed E-state index contributed by atoms with van der Waals surface area (Å²) in [6.45, 7) is 12.8. The lowest BCUT2D eigenvalue weighted by atomic mass is 9.84. The van der Waals surface area contributed by atoms with Gasteiger partial charge in [0.15, 0.2) is 11.9 Å². The van der Waals surface area contributed by atoms with Crippen molar-refractivity contribution in [3.8, 4) is 5.75 Å². The van der Waals surface area contributed by atoms with Crippen molar-refractivity contribution in [3.05, 3.63) is 132 Å². The minimum absolute atomic E-state index is 0.159. The third kappa shape index (κ3) is 10.8. The first-order valence-corrected chi connectivity index (χ1v) is 20.3. The fourth-order valence-electron chi connectivity index (χ4n) is 6.15. The maximum absolute atomic E-state index is 14.4. The molecule has 0 fully saturated rings. The number of rotatable bonds is 18. The number of ketones is 1. The SMILES string of the molecule is COc1ccc(COCC/C(=C\CO[Si](c2ccccc2)(c2ccccc2)C(C)(C)C)[C@H](OC(C)=O)C(=O)C(C)(C)CSc2ccccc2)cc1. The van der Waals surface area contributed by atoms with Crippen LogP contribution in [0.2, 0.25) is 5.04 Å². The van der Waals surface area contributed by atoms with Crippen molar-refractivity contribution >= 4 is 42.2 Å². The number of carbonyl (C=O) groups is 2. The maximum atomic E-state index is 14.4. The van der Waals surface area contributed by atoms with Crippen LogP contribution in [-0.2, 0) is 30.1 Å². The molecule has 8 heteroatoms. The van der Waals surface area contributed by atoms with Gasteiger partial charge in [0, 0.05) is 23.0 Å². The van der Waals surface area contributed by atoms with Crippen LogP contribution in [0.4, 0.5) is 0 Å². The van der Waals surface area contributed by atoms with E-state index in [1.807, 2.05) is 86.7 Å². The molecular weight excluding hydrogens is 673 g/mol. The third-order valence-corrected chi connectivity index (χ3v) is 15.4. The molecule has 0 spiro atoms. The summed E-state index contributed by atoms with van der Waals surface area (Å²) in [5.74, 6) is 0.624. The lowest BCUT2D eigenvalue weighted by Crippen LogP contribution is -2.66. The molecule has 6 nitrogen and oxygen atoms in total. The van der Waals surface area contributed by atoms with E-state index in [0.29, 0.717) is 31.0 Å². The van der Waals surface area contributed by atoms with Gasteiger partial charge in [0.1, 0.15) is 5.75 Å². The van der Waals surface area contributed by atoms with Gasteiger partial charge < -0.3 is 18.6 Å². The van der Waals surface area contributed by atoms with E-state index in [0.717, 1.165) is 26.6 Å². The molecule has 0 aliphatic heterocycles. The average Bonchev–Trinajstić information content (AvgIpc) is 3.13. The average molecular weight is 725 g/mol. The number of ether oxygens (including phenoxy) is 3. The zero-order chi connectivity index (χ0) is 36.9. The molecule has 4 aromatic carbocycles. The minimum Gasteiger partial charge on any atom is -0.497 e. The Balaban J connectivity index is 1.67. The maximum Gasteiger partial charge on any atom is 0.303 e. The minimum atomic E-state index is -2.87. The Kier molecular flexibility index (Phi) is 14.5. The second-order valence-corrected chi connectivity index (χ2v) is 19.6. The quantitative estimate of drug-likeness (QED) is 0.0336. The number of esters is 1. The van der Waals surface area contributed by atoms with Crippen molar-refractivity contribution < 1.29 is 28.2 Å². The number of benzene rings is 4. The number of methoxy groups -OCH3 is 1. The van der Waals surface area contributed by atoms with Crippen LogP contribution in [0.5, 0.6) is 5.75 Å². The molecule has 0 aromatic heterocycles. The fraction of sp³-hybridized carbons (Fsp3) is 0.349. The molecule has 0 bridgehead atoms. The smallest absolute Gasteiger partial charge is 0.303 e. The van der Waals surface area contributed by atoms with Crippen molar-refractivity contribution in [3.63, 3.8) is 0 Å². The van der Waals surface area contributed by atoms with Gasteiger partial charge in [0.2, 0.25) is 0 Å². The van der Waals surface area contributed by atoms with Gasteiger partial charge in [0.25, 0.3) is 8.32 Å². The van der Waals surface area contributed by atoms with Crippen LogP contribution in [0, 0.1) is 5.41 Å². The van der Waals surface area contributed by atoms with Crippen LogP contribution in [0.15, 0.2) is 132 Å². The second-order valence-electron chi connectivity index (χ2n) is 14.2. The Bertz CT molecular complexity index is 1660. The summed E-state index contributed by atoms with van der Waals surface area (Å²) in [5, 5.41) is 2.09. The summed E-state index contributed by atoms with van der Waals surface area (Å²) in [5.41, 5.74) is 0.867. The van der Waals surface area contributed by atoms with Crippen LogP contribution in [0.3, 0.4) is 0 Å². The molecule has 0 aliphatic carbocycles. The van der Waals surface area contributed by atoms with Gasteiger partial charge in [-0.25, -0.2) is 0 Å². The molecular formula is C43H52O6SSi. The second kappa shape index (κ2) is 18.5. The highest BCUT2D eigenvalue weighted by molar-refractivity contribution is 7.99. The van der Waals surface area contributed by atoms with Gasteiger partial charge in [-0.15, -0.1) is 11.8 Å². The Morgan fingerprint density at radius 3 is 1.84 bits per heavy atom. The summed E-state index contributed by atoms with van der Waals surface area (Å²) in [7, 11) is -1.23. The lowest BCUT2D eigenvalue weighted by Gasteiger charge is -2.43. The summed E-state index contributed by atoms with van der Waals surface area (Å²) in [6.07, 6.45) is 1.25. The molecule has 0 unspecified atom stereocenters. The van der Waals surface area contributed by atoms with E-state index in [9.17, 15) is 9.59 Å². The van der Waals surface area contributed by atoms with E-state index < -0.39 is 25.8 Å². The number of carbonyl (C=O) groups excluding carboxylic acids is 2. The molecule has 0 saturated heterocycles. The van der Waals surface area contributed by atoms with Crippen molar-refractivity contribution in [2.24, 2.45) is 5.41 Å². The van der Waals surface area contributed by atoms with Crippen LogP contribution in [-0.4, -0.2) is 52.3 Å². The molecule has 270 valence electrons. The van der Waals surface area contributed by atoms with Crippen molar-refractivity contribution in [2.75, 3.05) is 26.1 Å². The fourth-order valence-corrected chi connectivity index (χ4v) is 11.7. The van der Waals surface area contributed by atoms with Gasteiger partial charge in [-0.2, -0.15) is 0 Å². The summed E-state index contributed by atoms with van der Waals surface area (Å²) >= 11 is 1.61. The number of Topliss-reactive ketones (excluding diaryl/α,β-unsaturated/α-hetero) is 1. The number of thioether (sulfide) groups is 1. The van der Waals surface area contributed by atoms with Gasteiger partial charge in [-0.3, -0.25) is 9.59 Å². The predicted molar refractivity (Wildman–Crippen MR) is 210 cm³/mol. The summed E-state index contributed by atoms with van der Waals surface area (Å²) < 4.78 is 24.5. The Morgan fingerprint density at radius 2 is 1.33 bits per heavy atom.